The van der Waals surface area contributed by atoms with E-state index in [2.05, 4.69) is 16.0 Å². The Balaban J connectivity index is 1.75. The maximum Gasteiger partial charge on any atom is 0.264 e. The van der Waals surface area contributed by atoms with Crippen molar-refractivity contribution in [2.45, 2.75) is 49.6 Å². The number of aryl methyl sites for hydroxylation is 1. The summed E-state index contributed by atoms with van der Waals surface area (Å²) >= 11 is 0. The number of carbonyl (C=O) groups excluding carboxylic acids is 2. The monoisotopic (exact) mass is 406 g/mol. The molecule has 2 heterocycles. The lowest BCUT2D eigenvalue weighted by Crippen LogP contribution is -2.51. The molecule has 0 spiro atoms. The fraction of sp³-hybridized carbons (Fsp3) is 0.474. The lowest BCUT2D eigenvalue weighted by molar-refractivity contribution is -0.129. The Bertz CT molecular complexity index is 843. The van der Waals surface area contributed by atoms with Crippen molar-refractivity contribution in [3.8, 4) is 0 Å². The summed E-state index contributed by atoms with van der Waals surface area (Å²) < 4.78 is 27.0. The molecule has 0 aliphatic carbocycles. The van der Waals surface area contributed by atoms with Crippen LogP contribution in [0, 0.1) is 6.92 Å². The van der Waals surface area contributed by atoms with Crippen LogP contribution in [0.5, 0.6) is 0 Å². The van der Waals surface area contributed by atoms with E-state index in [1.54, 1.807) is 12.1 Å². The first kappa shape index (κ1) is 20.3. The van der Waals surface area contributed by atoms with Gasteiger partial charge in [0, 0.05) is 18.4 Å². The molecule has 2 aliphatic rings. The summed E-state index contributed by atoms with van der Waals surface area (Å²) in [6.07, 6.45) is 4.98. The van der Waals surface area contributed by atoms with Gasteiger partial charge in [-0.3, -0.25) is 13.9 Å². The average Bonchev–Trinajstić information content (AvgIpc) is 2.92. The summed E-state index contributed by atoms with van der Waals surface area (Å²) in [5.41, 5.74) is 0.930. The summed E-state index contributed by atoms with van der Waals surface area (Å²) in [5.74, 6) is -0.845. The summed E-state index contributed by atoms with van der Waals surface area (Å²) in [4.78, 5) is 25.0. The second-order valence-corrected chi connectivity index (χ2v) is 8.98. The highest BCUT2D eigenvalue weighted by Crippen LogP contribution is 2.23. The molecule has 3 N–H and O–H groups in total. The van der Waals surface area contributed by atoms with Crippen LogP contribution in [0.3, 0.4) is 0 Å². The number of nitrogens with one attached hydrogen (secondary N) is 3. The van der Waals surface area contributed by atoms with Gasteiger partial charge in [-0.05, 0) is 51.4 Å². The van der Waals surface area contributed by atoms with Crippen LogP contribution < -0.4 is 16.0 Å². The Morgan fingerprint density at radius 3 is 2.71 bits per heavy atom. The first-order valence-corrected chi connectivity index (χ1v) is 10.9. The number of hydrogen-bond donors (Lipinski definition) is 3. The van der Waals surface area contributed by atoms with Gasteiger partial charge in [0.25, 0.3) is 10.0 Å². The number of rotatable bonds is 5. The Morgan fingerprint density at radius 2 is 1.96 bits per heavy atom. The van der Waals surface area contributed by atoms with Crippen LogP contribution in [0.1, 0.15) is 31.2 Å². The molecule has 2 amide bonds. The van der Waals surface area contributed by atoms with Gasteiger partial charge in [-0.1, -0.05) is 17.7 Å². The van der Waals surface area contributed by atoms with Crippen LogP contribution in [0.25, 0.3) is 0 Å². The van der Waals surface area contributed by atoms with Crippen LogP contribution in [-0.4, -0.2) is 49.7 Å². The third-order valence-electron chi connectivity index (χ3n) is 4.97. The molecule has 0 aromatic heterocycles. The van der Waals surface area contributed by atoms with Gasteiger partial charge in [0.05, 0.1) is 11.3 Å². The van der Waals surface area contributed by atoms with Crippen molar-refractivity contribution in [1.82, 2.24) is 20.3 Å². The van der Waals surface area contributed by atoms with Gasteiger partial charge in [-0.25, -0.2) is 8.42 Å². The minimum Gasteiger partial charge on any atom is -0.353 e. The molecule has 1 aromatic rings. The predicted octanol–water partition coefficient (Wildman–Crippen LogP) is 0.604. The lowest BCUT2D eigenvalue weighted by atomic mass is 10.1. The molecular formula is C19H26N4O4S. The molecule has 8 nitrogen and oxygen atoms in total. The first-order chi connectivity index (χ1) is 13.4. The Labute approximate surface area is 165 Å². The van der Waals surface area contributed by atoms with Gasteiger partial charge >= 0.3 is 0 Å². The molecule has 1 fully saturated rings. The van der Waals surface area contributed by atoms with Gasteiger partial charge < -0.3 is 16.0 Å². The highest BCUT2D eigenvalue weighted by atomic mass is 32.2. The molecule has 0 radical (unpaired) electrons. The number of carbonyl (C=O) groups is 2. The van der Waals surface area contributed by atoms with E-state index in [1.807, 2.05) is 6.92 Å². The highest BCUT2D eigenvalue weighted by Gasteiger charge is 2.37. The lowest BCUT2D eigenvalue weighted by Gasteiger charge is -2.31. The van der Waals surface area contributed by atoms with E-state index < -0.39 is 22.0 Å². The van der Waals surface area contributed by atoms with Crippen molar-refractivity contribution in [2.75, 3.05) is 13.1 Å². The number of sulfonamides is 1. The smallest absolute Gasteiger partial charge is 0.264 e. The van der Waals surface area contributed by atoms with Gasteiger partial charge in [0.2, 0.25) is 11.8 Å². The highest BCUT2D eigenvalue weighted by molar-refractivity contribution is 7.89. The number of amides is 2. The molecule has 1 saturated heterocycles. The van der Waals surface area contributed by atoms with E-state index in [0.29, 0.717) is 0 Å². The zero-order valence-electron chi connectivity index (χ0n) is 15.8. The quantitative estimate of drug-likeness (QED) is 0.664. The van der Waals surface area contributed by atoms with Crippen molar-refractivity contribution in [3.05, 3.63) is 42.2 Å². The minimum absolute atomic E-state index is 0.0341. The molecule has 28 heavy (non-hydrogen) atoms. The summed E-state index contributed by atoms with van der Waals surface area (Å²) in [6, 6.07) is 5.30. The van der Waals surface area contributed by atoms with Crippen molar-refractivity contribution in [1.29, 1.82) is 0 Å². The van der Waals surface area contributed by atoms with E-state index in [9.17, 15) is 18.0 Å². The van der Waals surface area contributed by atoms with Crippen molar-refractivity contribution < 1.29 is 18.0 Å². The molecule has 2 atom stereocenters. The predicted molar refractivity (Wildman–Crippen MR) is 105 cm³/mol. The van der Waals surface area contributed by atoms with E-state index in [1.165, 1.54) is 24.5 Å². The van der Waals surface area contributed by atoms with E-state index in [4.69, 9.17) is 0 Å². The zero-order valence-corrected chi connectivity index (χ0v) is 16.7. The Morgan fingerprint density at radius 1 is 1.21 bits per heavy atom. The normalized spacial score (nSPS) is 23.0. The largest absolute Gasteiger partial charge is 0.353 e. The third-order valence-corrected chi connectivity index (χ3v) is 6.77. The van der Waals surface area contributed by atoms with Crippen molar-refractivity contribution in [3.63, 3.8) is 0 Å². The van der Waals surface area contributed by atoms with Gasteiger partial charge in [-0.2, -0.15) is 0 Å². The number of nitrogens with zero attached hydrogens (tertiary/aromatic N) is 1. The maximum absolute atomic E-state index is 13.0. The second kappa shape index (κ2) is 8.74. The minimum atomic E-state index is -3.95. The average molecular weight is 407 g/mol. The molecule has 3 rings (SSSR count). The van der Waals surface area contributed by atoms with Crippen LogP contribution >= 0.6 is 0 Å². The van der Waals surface area contributed by atoms with Crippen molar-refractivity contribution >= 4 is 21.8 Å². The molecular weight excluding hydrogens is 380 g/mol. The standard InChI is InChI=1S/C19H26N4O4S/c1-14-4-6-16(7-5-14)28(26,27)23-12-11-21-19(25)17(23)13-18(24)22-15-3-2-9-20-10-8-15/h4-7,11-12,15,17,20H,2-3,8-10,13H2,1H3,(H,21,25)(H,22,24)/t15?,17-/m1/s1. The molecule has 2 aliphatic heterocycles. The van der Waals surface area contributed by atoms with Gasteiger partial charge in [-0.15, -0.1) is 0 Å². The summed E-state index contributed by atoms with van der Waals surface area (Å²) in [6.45, 7) is 3.61. The van der Waals surface area contributed by atoms with Crippen LogP contribution in [0.2, 0.25) is 0 Å². The number of benzene rings is 1. The van der Waals surface area contributed by atoms with Gasteiger partial charge in [0.1, 0.15) is 6.04 Å². The molecule has 0 saturated carbocycles. The SMILES string of the molecule is Cc1ccc(S(=O)(=O)N2C=CNC(=O)[C@H]2CC(=O)NC2CCCNCC2)cc1. The summed E-state index contributed by atoms with van der Waals surface area (Å²) in [5, 5.41) is 8.72. The topological polar surface area (TPSA) is 108 Å². The Kier molecular flexibility index (Phi) is 6.35. The zero-order chi connectivity index (χ0) is 20.1. The first-order valence-electron chi connectivity index (χ1n) is 9.45. The van der Waals surface area contributed by atoms with Crippen LogP contribution in [0.15, 0.2) is 41.6 Å². The molecule has 0 bridgehead atoms. The Hall–Kier alpha value is -2.39. The van der Waals surface area contributed by atoms with E-state index in [-0.39, 0.29) is 23.3 Å². The van der Waals surface area contributed by atoms with E-state index >= 15 is 0 Å². The molecule has 1 unspecified atom stereocenters. The molecule has 9 heteroatoms. The maximum atomic E-state index is 13.0. The van der Waals surface area contributed by atoms with Gasteiger partial charge in [0.15, 0.2) is 0 Å². The van der Waals surface area contributed by atoms with Crippen molar-refractivity contribution in [2.24, 2.45) is 0 Å². The molecule has 1 aromatic carbocycles. The number of hydrogen-bond acceptors (Lipinski definition) is 5. The fourth-order valence-electron chi connectivity index (χ4n) is 3.40. The van der Waals surface area contributed by atoms with Crippen LogP contribution in [0.4, 0.5) is 0 Å². The van der Waals surface area contributed by atoms with E-state index in [0.717, 1.165) is 42.2 Å². The van der Waals surface area contributed by atoms with Crippen LogP contribution in [-0.2, 0) is 19.6 Å². The fourth-order valence-corrected chi connectivity index (χ4v) is 4.85. The second-order valence-electron chi connectivity index (χ2n) is 7.14. The summed E-state index contributed by atoms with van der Waals surface area (Å²) in [7, 11) is -3.95. The molecule has 152 valence electrons. The third kappa shape index (κ3) is 4.71.